The van der Waals surface area contributed by atoms with E-state index in [0.717, 1.165) is 0 Å². The van der Waals surface area contributed by atoms with Gasteiger partial charge in [-0.15, -0.1) is 0 Å². The van der Waals surface area contributed by atoms with E-state index in [0.29, 0.717) is 5.75 Å². The Morgan fingerprint density at radius 2 is 1.85 bits per heavy atom. The number of sulfonamides is 1. The molecule has 0 aliphatic rings. The molecular formula is C13H18NO5S-. The number of ether oxygens (including phenoxy) is 1. The summed E-state index contributed by atoms with van der Waals surface area (Å²) in [7, 11) is -2.29. The van der Waals surface area contributed by atoms with Gasteiger partial charge in [0.2, 0.25) is 10.0 Å². The predicted octanol–water partition coefficient (Wildman–Crippen LogP) is 0.138. The molecule has 112 valence electrons. The number of carbonyl (C=O) groups is 1. The van der Waals surface area contributed by atoms with Gasteiger partial charge in [0.15, 0.2) is 0 Å². The van der Waals surface area contributed by atoms with Crippen molar-refractivity contribution in [2.75, 3.05) is 7.11 Å². The third-order valence-electron chi connectivity index (χ3n) is 2.87. The number of carboxylic acids is 1. The molecule has 0 spiro atoms. The van der Waals surface area contributed by atoms with Gasteiger partial charge in [-0.05, 0) is 30.2 Å². The van der Waals surface area contributed by atoms with Crippen LogP contribution in [-0.4, -0.2) is 27.5 Å². The van der Waals surface area contributed by atoms with Gasteiger partial charge >= 0.3 is 0 Å². The average Bonchev–Trinajstić information content (AvgIpc) is 2.37. The summed E-state index contributed by atoms with van der Waals surface area (Å²) in [5.74, 6) is -0.916. The number of nitrogens with one attached hydrogen (secondary N) is 1. The van der Waals surface area contributed by atoms with Crippen molar-refractivity contribution in [1.82, 2.24) is 4.72 Å². The predicted molar refractivity (Wildman–Crippen MR) is 71.6 cm³/mol. The van der Waals surface area contributed by atoms with Gasteiger partial charge in [0.25, 0.3) is 0 Å². The lowest BCUT2D eigenvalue weighted by molar-refractivity contribution is -0.306. The molecule has 6 nitrogen and oxygen atoms in total. The Labute approximate surface area is 118 Å². The lowest BCUT2D eigenvalue weighted by atomic mass is 10.0. The van der Waals surface area contributed by atoms with Crippen LogP contribution in [0.15, 0.2) is 29.2 Å². The molecule has 7 heteroatoms. The van der Waals surface area contributed by atoms with Crippen molar-refractivity contribution in [3.63, 3.8) is 0 Å². The number of benzene rings is 1. The maximum Gasteiger partial charge on any atom is 0.240 e. The maximum absolute atomic E-state index is 12.2. The Morgan fingerprint density at radius 1 is 1.30 bits per heavy atom. The zero-order chi connectivity index (χ0) is 15.3. The van der Waals surface area contributed by atoms with Crippen LogP contribution in [0.3, 0.4) is 0 Å². The molecule has 0 aliphatic carbocycles. The number of carboxylic acid groups (broad SMARTS) is 1. The van der Waals surface area contributed by atoms with Crippen molar-refractivity contribution in [2.45, 2.75) is 31.2 Å². The second-order valence-corrected chi connectivity index (χ2v) is 6.44. The van der Waals surface area contributed by atoms with E-state index in [1.807, 2.05) is 0 Å². The molecule has 1 unspecified atom stereocenters. The summed E-state index contributed by atoms with van der Waals surface area (Å²) in [6.07, 6.45) is -0.368. The summed E-state index contributed by atoms with van der Waals surface area (Å²) in [5, 5.41) is 10.7. The van der Waals surface area contributed by atoms with E-state index in [1.54, 1.807) is 13.8 Å². The molecule has 1 rings (SSSR count). The summed E-state index contributed by atoms with van der Waals surface area (Å²) in [6.45, 7) is 3.48. The third kappa shape index (κ3) is 4.50. The number of aliphatic carboxylic acids is 1. The number of carbonyl (C=O) groups excluding carboxylic acids is 1. The van der Waals surface area contributed by atoms with Crippen molar-refractivity contribution in [2.24, 2.45) is 5.92 Å². The Balaban J connectivity index is 2.93. The fourth-order valence-corrected chi connectivity index (χ4v) is 3.00. The van der Waals surface area contributed by atoms with Crippen molar-refractivity contribution in [3.8, 4) is 5.75 Å². The fourth-order valence-electron chi connectivity index (χ4n) is 1.62. The third-order valence-corrected chi connectivity index (χ3v) is 4.37. The van der Waals surface area contributed by atoms with E-state index in [9.17, 15) is 18.3 Å². The topological polar surface area (TPSA) is 95.5 Å². The van der Waals surface area contributed by atoms with E-state index in [4.69, 9.17) is 4.74 Å². The highest BCUT2D eigenvalue weighted by atomic mass is 32.2. The first kappa shape index (κ1) is 16.5. The summed E-state index contributed by atoms with van der Waals surface area (Å²) in [6, 6.07) is 5.14. The molecular weight excluding hydrogens is 282 g/mol. The smallest absolute Gasteiger partial charge is 0.240 e. The molecule has 0 saturated carbocycles. The molecule has 0 saturated heterocycles. The van der Waals surface area contributed by atoms with Gasteiger partial charge in [0.1, 0.15) is 5.75 Å². The molecule has 0 aliphatic heterocycles. The Hall–Kier alpha value is -1.60. The lowest BCUT2D eigenvalue weighted by Gasteiger charge is -2.22. The van der Waals surface area contributed by atoms with Crippen molar-refractivity contribution in [3.05, 3.63) is 24.3 Å². The molecule has 0 amide bonds. The number of methoxy groups -OCH3 is 1. The normalized spacial score (nSPS) is 13.2. The monoisotopic (exact) mass is 300 g/mol. The summed E-state index contributed by atoms with van der Waals surface area (Å²) >= 11 is 0. The first-order valence-electron chi connectivity index (χ1n) is 6.12. The quantitative estimate of drug-likeness (QED) is 0.772. The largest absolute Gasteiger partial charge is 0.550 e. The minimum atomic E-state index is -3.77. The zero-order valence-corrected chi connectivity index (χ0v) is 12.4. The van der Waals surface area contributed by atoms with E-state index in [-0.39, 0.29) is 17.2 Å². The Kier molecular flexibility index (Phi) is 5.52. The SMILES string of the molecule is COc1ccc(S(=O)(=O)NC(CC(=O)[O-])C(C)C)cc1. The number of rotatable bonds is 7. The number of hydrogen-bond acceptors (Lipinski definition) is 5. The molecule has 1 N–H and O–H groups in total. The van der Waals surface area contributed by atoms with E-state index in [2.05, 4.69) is 4.72 Å². The number of hydrogen-bond donors (Lipinski definition) is 1. The molecule has 1 aromatic carbocycles. The molecule has 0 fully saturated rings. The van der Waals surface area contributed by atoms with Crippen LogP contribution >= 0.6 is 0 Å². The zero-order valence-electron chi connectivity index (χ0n) is 11.6. The minimum absolute atomic E-state index is 0.0577. The van der Waals surface area contributed by atoms with Gasteiger partial charge in [-0.1, -0.05) is 13.8 Å². The van der Waals surface area contributed by atoms with Crippen LogP contribution in [0, 0.1) is 5.92 Å². The highest BCUT2D eigenvalue weighted by Gasteiger charge is 2.22. The van der Waals surface area contributed by atoms with Crippen LogP contribution < -0.4 is 14.6 Å². The van der Waals surface area contributed by atoms with E-state index >= 15 is 0 Å². The molecule has 0 radical (unpaired) electrons. The lowest BCUT2D eigenvalue weighted by Crippen LogP contribution is -2.42. The van der Waals surface area contributed by atoms with Crippen molar-refractivity contribution >= 4 is 16.0 Å². The fraction of sp³-hybridized carbons (Fsp3) is 0.462. The van der Waals surface area contributed by atoms with Crippen LogP contribution in [0.5, 0.6) is 5.75 Å². The van der Waals surface area contributed by atoms with Gasteiger partial charge in [0, 0.05) is 18.4 Å². The standard InChI is InChI=1S/C13H19NO5S/c1-9(2)12(8-13(15)16)14-20(17,18)11-6-4-10(19-3)5-7-11/h4-7,9,12,14H,8H2,1-3H3,(H,15,16)/p-1. The first-order chi connectivity index (χ1) is 9.26. The summed E-state index contributed by atoms with van der Waals surface area (Å²) in [4.78, 5) is 10.7. The second-order valence-electron chi connectivity index (χ2n) is 4.72. The van der Waals surface area contributed by atoms with Gasteiger partial charge < -0.3 is 14.6 Å². The molecule has 20 heavy (non-hydrogen) atoms. The van der Waals surface area contributed by atoms with Crippen LogP contribution in [0.2, 0.25) is 0 Å². The molecule has 0 aromatic heterocycles. The van der Waals surface area contributed by atoms with Crippen LogP contribution in [0.1, 0.15) is 20.3 Å². The Bertz CT molecular complexity index is 551. The van der Waals surface area contributed by atoms with Gasteiger partial charge in [0.05, 0.1) is 12.0 Å². The highest BCUT2D eigenvalue weighted by Crippen LogP contribution is 2.17. The highest BCUT2D eigenvalue weighted by molar-refractivity contribution is 7.89. The Morgan fingerprint density at radius 3 is 2.25 bits per heavy atom. The molecule has 1 aromatic rings. The first-order valence-corrected chi connectivity index (χ1v) is 7.61. The van der Waals surface area contributed by atoms with Crippen LogP contribution in [-0.2, 0) is 14.8 Å². The summed E-state index contributed by atoms with van der Waals surface area (Å²) in [5.41, 5.74) is 0. The second kappa shape index (κ2) is 6.71. The van der Waals surface area contributed by atoms with E-state index in [1.165, 1.54) is 31.4 Å². The van der Waals surface area contributed by atoms with Crippen LogP contribution in [0.25, 0.3) is 0 Å². The molecule has 0 bridgehead atoms. The summed E-state index contributed by atoms with van der Waals surface area (Å²) < 4.78 is 31.7. The molecule has 1 atom stereocenters. The van der Waals surface area contributed by atoms with Gasteiger partial charge in [-0.25, -0.2) is 13.1 Å². The maximum atomic E-state index is 12.2. The van der Waals surface area contributed by atoms with E-state index < -0.39 is 22.0 Å². The van der Waals surface area contributed by atoms with Gasteiger partial charge in [-0.3, -0.25) is 0 Å². The van der Waals surface area contributed by atoms with Crippen molar-refractivity contribution < 1.29 is 23.1 Å². The molecule has 0 heterocycles. The average molecular weight is 300 g/mol. The van der Waals surface area contributed by atoms with Crippen LogP contribution in [0.4, 0.5) is 0 Å². The van der Waals surface area contributed by atoms with Gasteiger partial charge in [-0.2, -0.15) is 0 Å². The van der Waals surface area contributed by atoms with Crippen molar-refractivity contribution in [1.29, 1.82) is 0 Å². The minimum Gasteiger partial charge on any atom is -0.550 e.